The van der Waals surface area contributed by atoms with E-state index in [0.717, 1.165) is 37.0 Å². The number of ketones is 1. The van der Waals surface area contributed by atoms with Gasteiger partial charge in [0.15, 0.2) is 5.78 Å². The van der Waals surface area contributed by atoms with Crippen LogP contribution in [0, 0.1) is 34.5 Å². The molecule has 2 nitrogen and oxygen atoms in total. The number of hydrogen-bond acceptors (Lipinski definition) is 2. The lowest BCUT2D eigenvalue weighted by molar-refractivity contribution is -0.124. The standard InChI is InChI=1S/C22H34O2/c1-13-11-19-17-6-5-15-12-16(24)7-9-21(15,3)18(17)8-10-22(19,4)20(13)14(2)23/h15-19,24H,5-12H2,1-4H3/t15-,16+,17-,18+,19+,21-,22-/m0/s1. The van der Waals surface area contributed by atoms with Gasteiger partial charge < -0.3 is 5.11 Å². The fourth-order valence-electron chi connectivity index (χ4n) is 7.86. The third kappa shape index (κ3) is 2.14. The first-order valence-corrected chi connectivity index (χ1v) is 10.2. The highest BCUT2D eigenvalue weighted by atomic mass is 16.3. The summed E-state index contributed by atoms with van der Waals surface area (Å²) in [7, 11) is 0. The Morgan fingerprint density at radius 1 is 1.08 bits per heavy atom. The minimum Gasteiger partial charge on any atom is -0.393 e. The summed E-state index contributed by atoms with van der Waals surface area (Å²) in [6.45, 7) is 8.91. The Morgan fingerprint density at radius 3 is 2.54 bits per heavy atom. The molecule has 3 fully saturated rings. The van der Waals surface area contributed by atoms with Crippen LogP contribution in [-0.2, 0) is 4.79 Å². The predicted molar refractivity (Wildman–Crippen MR) is 96.5 cm³/mol. The van der Waals surface area contributed by atoms with Crippen LogP contribution in [0.4, 0.5) is 0 Å². The number of Topliss-reactive ketones (excluding diaryl/α,β-unsaturated/α-hetero) is 1. The molecule has 0 spiro atoms. The monoisotopic (exact) mass is 330 g/mol. The summed E-state index contributed by atoms with van der Waals surface area (Å²) in [6.07, 6.45) is 9.39. The van der Waals surface area contributed by atoms with Gasteiger partial charge in [-0.2, -0.15) is 0 Å². The maximum Gasteiger partial charge on any atom is 0.156 e. The van der Waals surface area contributed by atoms with Gasteiger partial charge >= 0.3 is 0 Å². The van der Waals surface area contributed by atoms with E-state index < -0.39 is 0 Å². The minimum absolute atomic E-state index is 0.0619. The van der Waals surface area contributed by atoms with Gasteiger partial charge in [-0.1, -0.05) is 19.4 Å². The summed E-state index contributed by atoms with van der Waals surface area (Å²) in [6, 6.07) is 0. The molecule has 134 valence electrons. The molecule has 24 heavy (non-hydrogen) atoms. The largest absolute Gasteiger partial charge is 0.393 e. The van der Waals surface area contributed by atoms with Gasteiger partial charge in [0.2, 0.25) is 0 Å². The molecule has 4 aliphatic carbocycles. The van der Waals surface area contributed by atoms with Gasteiger partial charge in [-0.15, -0.1) is 0 Å². The van der Waals surface area contributed by atoms with Crippen LogP contribution in [0.1, 0.15) is 79.1 Å². The van der Waals surface area contributed by atoms with E-state index in [-0.39, 0.29) is 11.5 Å². The molecule has 0 aromatic rings. The number of carbonyl (C=O) groups is 1. The first kappa shape index (κ1) is 16.8. The number of allylic oxidation sites excluding steroid dienone is 2. The molecule has 0 heterocycles. The summed E-state index contributed by atoms with van der Waals surface area (Å²) < 4.78 is 0. The number of aliphatic hydroxyl groups excluding tert-OH is 1. The number of aliphatic hydroxyl groups is 1. The van der Waals surface area contributed by atoms with Gasteiger partial charge in [0.05, 0.1) is 6.10 Å². The smallest absolute Gasteiger partial charge is 0.156 e. The molecule has 0 unspecified atom stereocenters. The zero-order valence-corrected chi connectivity index (χ0v) is 15.9. The maximum absolute atomic E-state index is 12.3. The fourth-order valence-corrected chi connectivity index (χ4v) is 7.86. The molecule has 7 atom stereocenters. The van der Waals surface area contributed by atoms with Gasteiger partial charge in [-0.05, 0) is 105 Å². The molecule has 0 radical (unpaired) electrons. The molecule has 3 saturated carbocycles. The molecular weight excluding hydrogens is 296 g/mol. The molecular formula is C22H34O2. The van der Waals surface area contributed by atoms with E-state index in [9.17, 15) is 9.90 Å². The van der Waals surface area contributed by atoms with Crippen LogP contribution in [-0.4, -0.2) is 17.0 Å². The van der Waals surface area contributed by atoms with Crippen molar-refractivity contribution < 1.29 is 9.90 Å². The van der Waals surface area contributed by atoms with Gasteiger partial charge in [-0.25, -0.2) is 0 Å². The van der Waals surface area contributed by atoms with E-state index in [4.69, 9.17) is 0 Å². The predicted octanol–water partition coefficient (Wildman–Crippen LogP) is 4.91. The second kappa shape index (κ2) is 5.43. The van der Waals surface area contributed by atoms with Crippen LogP contribution in [0.3, 0.4) is 0 Å². The molecule has 0 aliphatic heterocycles. The molecule has 0 amide bonds. The van der Waals surface area contributed by atoms with Crippen molar-refractivity contribution in [3.63, 3.8) is 0 Å². The van der Waals surface area contributed by atoms with Crippen molar-refractivity contribution in [2.45, 2.75) is 85.2 Å². The molecule has 2 heteroatoms. The third-order valence-electron chi connectivity index (χ3n) is 8.90. The third-order valence-corrected chi connectivity index (χ3v) is 8.90. The molecule has 4 aliphatic rings. The first-order chi connectivity index (χ1) is 11.3. The molecule has 0 saturated heterocycles. The number of rotatable bonds is 1. The summed E-state index contributed by atoms with van der Waals surface area (Å²) in [4.78, 5) is 12.3. The summed E-state index contributed by atoms with van der Waals surface area (Å²) in [5, 5.41) is 10.1. The van der Waals surface area contributed by atoms with Crippen molar-refractivity contribution in [1.29, 1.82) is 0 Å². The van der Waals surface area contributed by atoms with E-state index in [2.05, 4.69) is 20.8 Å². The Kier molecular flexibility index (Phi) is 3.81. The summed E-state index contributed by atoms with van der Waals surface area (Å²) in [5.41, 5.74) is 3.12. The van der Waals surface area contributed by atoms with E-state index in [1.54, 1.807) is 6.92 Å². The van der Waals surface area contributed by atoms with Crippen LogP contribution < -0.4 is 0 Å². The van der Waals surface area contributed by atoms with Crippen molar-refractivity contribution in [2.75, 3.05) is 0 Å². The van der Waals surface area contributed by atoms with Gasteiger partial charge in [0, 0.05) is 0 Å². The lowest BCUT2D eigenvalue weighted by Crippen LogP contribution is -2.53. The van der Waals surface area contributed by atoms with Crippen LogP contribution in [0.5, 0.6) is 0 Å². The van der Waals surface area contributed by atoms with Crippen molar-refractivity contribution in [2.24, 2.45) is 34.5 Å². The van der Waals surface area contributed by atoms with E-state index >= 15 is 0 Å². The highest BCUT2D eigenvalue weighted by Crippen LogP contribution is 2.67. The van der Waals surface area contributed by atoms with Crippen LogP contribution in [0.15, 0.2) is 11.1 Å². The second-order valence-corrected chi connectivity index (χ2v) is 9.96. The van der Waals surface area contributed by atoms with Crippen molar-refractivity contribution in [3.8, 4) is 0 Å². The SMILES string of the molecule is CC(=O)C1=C(C)C[C@@H]2[C@H]3CC[C@H]4C[C@H](O)CC[C@]4(C)[C@@H]3CC[C@]12C. The Morgan fingerprint density at radius 2 is 1.83 bits per heavy atom. The topological polar surface area (TPSA) is 37.3 Å². The van der Waals surface area contributed by atoms with E-state index in [0.29, 0.717) is 17.1 Å². The van der Waals surface area contributed by atoms with E-state index in [1.807, 2.05) is 0 Å². The quantitative estimate of drug-likeness (QED) is 0.742. The lowest BCUT2D eigenvalue weighted by atomic mass is 9.44. The highest BCUT2D eigenvalue weighted by molar-refractivity contribution is 5.96. The first-order valence-electron chi connectivity index (χ1n) is 10.2. The second-order valence-electron chi connectivity index (χ2n) is 9.96. The van der Waals surface area contributed by atoms with Gasteiger partial charge in [-0.3, -0.25) is 4.79 Å². The Bertz CT molecular complexity index is 591. The van der Waals surface area contributed by atoms with Gasteiger partial charge in [0.1, 0.15) is 0 Å². The van der Waals surface area contributed by atoms with Crippen molar-refractivity contribution in [1.82, 2.24) is 0 Å². The minimum atomic E-state index is -0.0619. The Labute approximate surface area is 147 Å². The van der Waals surface area contributed by atoms with Crippen molar-refractivity contribution in [3.05, 3.63) is 11.1 Å². The number of fused-ring (bicyclic) bond motifs is 5. The molecule has 4 rings (SSSR count). The van der Waals surface area contributed by atoms with Crippen LogP contribution in [0.25, 0.3) is 0 Å². The number of carbonyl (C=O) groups excluding carboxylic acids is 1. The average molecular weight is 331 g/mol. The number of hydrogen-bond donors (Lipinski definition) is 1. The molecule has 0 bridgehead atoms. The average Bonchev–Trinajstić information content (AvgIpc) is 2.78. The zero-order valence-electron chi connectivity index (χ0n) is 15.9. The zero-order chi connectivity index (χ0) is 17.3. The van der Waals surface area contributed by atoms with Gasteiger partial charge in [0.25, 0.3) is 0 Å². The van der Waals surface area contributed by atoms with Crippen LogP contribution >= 0.6 is 0 Å². The fraction of sp³-hybridized carbons (Fsp3) is 0.864. The molecule has 0 aromatic heterocycles. The van der Waals surface area contributed by atoms with Crippen LogP contribution in [0.2, 0.25) is 0 Å². The van der Waals surface area contributed by atoms with Crippen molar-refractivity contribution >= 4 is 5.78 Å². The lowest BCUT2D eigenvalue weighted by Gasteiger charge is -2.60. The molecule has 0 aromatic carbocycles. The maximum atomic E-state index is 12.3. The Balaban J connectivity index is 1.65. The summed E-state index contributed by atoms with van der Waals surface area (Å²) in [5.74, 6) is 3.30. The Hall–Kier alpha value is -0.630. The highest BCUT2D eigenvalue weighted by Gasteiger charge is 2.59. The normalized spacial score (nSPS) is 51.0. The summed E-state index contributed by atoms with van der Waals surface area (Å²) >= 11 is 0. The van der Waals surface area contributed by atoms with E-state index in [1.165, 1.54) is 43.3 Å². The molecule has 1 N–H and O–H groups in total.